The molecule has 0 bridgehead atoms. The zero-order chi connectivity index (χ0) is 14.5. The van der Waals surface area contributed by atoms with E-state index >= 15 is 0 Å². The fourth-order valence-electron chi connectivity index (χ4n) is 2.85. The second kappa shape index (κ2) is 6.84. The van der Waals surface area contributed by atoms with E-state index in [1.54, 1.807) is 12.1 Å². The lowest BCUT2D eigenvalue weighted by molar-refractivity contribution is 0.0938. The summed E-state index contributed by atoms with van der Waals surface area (Å²) in [5, 5.41) is 6.29. The van der Waals surface area contributed by atoms with Gasteiger partial charge in [0.05, 0.1) is 5.56 Å². The van der Waals surface area contributed by atoms with Gasteiger partial charge in [-0.15, -0.1) is 0 Å². The molecule has 2 rings (SSSR count). The van der Waals surface area contributed by atoms with Gasteiger partial charge in [0.2, 0.25) is 0 Å². The van der Waals surface area contributed by atoms with Crippen molar-refractivity contribution in [2.75, 3.05) is 13.1 Å². The lowest BCUT2D eigenvalue weighted by atomic mass is 9.88. The number of carbonyl (C=O) groups excluding carboxylic acids is 1. The maximum atomic E-state index is 13.7. The van der Waals surface area contributed by atoms with Crippen molar-refractivity contribution in [1.82, 2.24) is 10.6 Å². The van der Waals surface area contributed by atoms with Crippen LogP contribution in [-0.2, 0) is 0 Å². The molecule has 0 aliphatic carbocycles. The number of carbonyl (C=O) groups is 1. The highest BCUT2D eigenvalue weighted by atomic mass is 19.1. The Morgan fingerprint density at radius 3 is 3.00 bits per heavy atom. The van der Waals surface area contributed by atoms with Crippen molar-refractivity contribution >= 4 is 5.91 Å². The summed E-state index contributed by atoms with van der Waals surface area (Å²) in [5.74, 6) is -0.192. The molecule has 0 aromatic heterocycles. The van der Waals surface area contributed by atoms with Gasteiger partial charge in [0, 0.05) is 12.6 Å². The van der Waals surface area contributed by atoms with Crippen molar-refractivity contribution in [1.29, 1.82) is 0 Å². The maximum absolute atomic E-state index is 13.7. The van der Waals surface area contributed by atoms with Gasteiger partial charge >= 0.3 is 0 Å². The molecule has 1 aliphatic heterocycles. The largest absolute Gasteiger partial charge is 0.350 e. The predicted octanol–water partition coefficient (Wildman–Crippen LogP) is 2.64. The molecule has 0 radical (unpaired) electrons. The molecule has 0 saturated carbocycles. The van der Waals surface area contributed by atoms with Crippen LogP contribution in [0.25, 0.3) is 0 Å². The lowest BCUT2D eigenvalue weighted by Crippen LogP contribution is -2.48. The minimum absolute atomic E-state index is 0.124. The van der Waals surface area contributed by atoms with Gasteiger partial charge in [-0.25, -0.2) is 4.39 Å². The standard InChI is InChI=1S/C16H23FN2O/c1-3-12-5-4-8-18-15(12)10-19-16(20)13-7-6-11(2)9-14(13)17/h6-7,9,12,15,18H,3-5,8,10H2,1-2H3,(H,19,20). The van der Waals surface area contributed by atoms with Crippen LogP contribution >= 0.6 is 0 Å². The molecular weight excluding hydrogens is 255 g/mol. The van der Waals surface area contributed by atoms with Crippen molar-refractivity contribution < 1.29 is 9.18 Å². The van der Waals surface area contributed by atoms with Crippen LogP contribution in [0.1, 0.15) is 42.1 Å². The fraction of sp³-hybridized carbons (Fsp3) is 0.562. The van der Waals surface area contributed by atoms with Gasteiger partial charge < -0.3 is 10.6 Å². The van der Waals surface area contributed by atoms with Crippen LogP contribution < -0.4 is 10.6 Å². The van der Waals surface area contributed by atoms with Crippen molar-refractivity contribution in [3.8, 4) is 0 Å². The third kappa shape index (κ3) is 3.57. The Labute approximate surface area is 120 Å². The Morgan fingerprint density at radius 2 is 2.30 bits per heavy atom. The first-order valence-corrected chi connectivity index (χ1v) is 7.39. The highest BCUT2D eigenvalue weighted by molar-refractivity contribution is 5.94. The van der Waals surface area contributed by atoms with Gasteiger partial charge in [-0.05, 0) is 49.9 Å². The molecule has 1 aliphatic rings. The summed E-state index contributed by atoms with van der Waals surface area (Å²) >= 11 is 0. The molecule has 0 spiro atoms. The number of hydrogen-bond donors (Lipinski definition) is 2. The quantitative estimate of drug-likeness (QED) is 0.889. The Bertz CT molecular complexity index is 476. The summed E-state index contributed by atoms with van der Waals surface area (Å²) in [6, 6.07) is 4.99. The van der Waals surface area contributed by atoms with E-state index in [-0.39, 0.29) is 11.5 Å². The molecule has 1 saturated heterocycles. The number of piperidine rings is 1. The summed E-state index contributed by atoms with van der Waals surface area (Å²) in [6.07, 6.45) is 3.49. The van der Waals surface area contributed by atoms with E-state index in [2.05, 4.69) is 17.6 Å². The average Bonchev–Trinajstić information content (AvgIpc) is 2.45. The highest BCUT2D eigenvalue weighted by Gasteiger charge is 2.23. The number of amides is 1. The molecule has 110 valence electrons. The second-order valence-corrected chi connectivity index (χ2v) is 5.56. The predicted molar refractivity (Wildman–Crippen MR) is 78.3 cm³/mol. The first-order chi connectivity index (χ1) is 9.61. The van der Waals surface area contributed by atoms with Crippen molar-refractivity contribution in [2.45, 2.75) is 39.2 Å². The zero-order valence-corrected chi connectivity index (χ0v) is 12.2. The second-order valence-electron chi connectivity index (χ2n) is 5.56. The summed E-state index contributed by atoms with van der Waals surface area (Å²) < 4.78 is 13.7. The normalized spacial score (nSPS) is 22.6. The topological polar surface area (TPSA) is 41.1 Å². The molecule has 2 N–H and O–H groups in total. The molecule has 4 heteroatoms. The number of benzene rings is 1. The maximum Gasteiger partial charge on any atom is 0.254 e. The molecule has 1 fully saturated rings. The summed E-state index contributed by atoms with van der Waals surface area (Å²) in [4.78, 5) is 12.0. The Balaban J connectivity index is 1.94. The minimum atomic E-state index is -0.453. The van der Waals surface area contributed by atoms with E-state index in [1.807, 2.05) is 6.92 Å². The molecule has 1 heterocycles. The molecule has 1 aromatic rings. The summed E-state index contributed by atoms with van der Waals surface area (Å²) in [5.41, 5.74) is 0.943. The van der Waals surface area contributed by atoms with E-state index in [1.165, 1.54) is 18.9 Å². The number of rotatable bonds is 4. The van der Waals surface area contributed by atoms with Crippen LogP contribution in [0, 0.1) is 18.7 Å². The van der Waals surface area contributed by atoms with E-state index < -0.39 is 5.82 Å². The molecular formula is C16H23FN2O. The highest BCUT2D eigenvalue weighted by Crippen LogP contribution is 2.19. The van der Waals surface area contributed by atoms with Gasteiger partial charge in [-0.3, -0.25) is 4.79 Å². The van der Waals surface area contributed by atoms with Crippen LogP contribution in [0.5, 0.6) is 0 Å². The van der Waals surface area contributed by atoms with E-state index in [0.717, 1.165) is 18.5 Å². The van der Waals surface area contributed by atoms with Gasteiger partial charge in [-0.2, -0.15) is 0 Å². The molecule has 2 unspecified atom stereocenters. The molecule has 2 atom stereocenters. The average molecular weight is 278 g/mol. The molecule has 1 amide bonds. The number of hydrogen-bond acceptors (Lipinski definition) is 2. The molecule has 20 heavy (non-hydrogen) atoms. The van der Waals surface area contributed by atoms with E-state index in [0.29, 0.717) is 18.5 Å². The number of halogens is 1. The van der Waals surface area contributed by atoms with Crippen molar-refractivity contribution in [3.05, 3.63) is 35.1 Å². The van der Waals surface area contributed by atoms with Gasteiger partial charge in [0.15, 0.2) is 0 Å². The zero-order valence-electron chi connectivity index (χ0n) is 12.2. The Morgan fingerprint density at radius 1 is 1.50 bits per heavy atom. The first-order valence-electron chi connectivity index (χ1n) is 7.39. The SMILES string of the molecule is CCC1CCCNC1CNC(=O)c1ccc(C)cc1F. The van der Waals surface area contributed by atoms with Crippen molar-refractivity contribution in [2.24, 2.45) is 5.92 Å². The van der Waals surface area contributed by atoms with Crippen LogP contribution in [0.4, 0.5) is 4.39 Å². The van der Waals surface area contributed by atoms with Gasteiger partial charge in [-0.1, -0.05) is 19.4 Å². The fourth-order valence-corrected chi connectivity index (χ4v) is 2.85. The van der Waals surface area contributed by atoms with Crippen molar-refractivity contribution in [3.63, 3.8) is 0 Å². The number of nitrogens with one attached hydrogen (secondary N) is 2. The minimum Gasteiger partial charge on any atom is -0.350 e. The summed E-state index contributed by atoms with van der Waals surface area (Å²) in [6.45, 7) is 5.54. The third-order valence-electron chi connectivity index (χ3n) is 4.10. The Hall–Kier alpha value is -1.42. The monoisotopic (exact) mass is 278 g/mol. The number of aryl methyl sites for hydroxylation is 1. The van der Waals surface area contributed by atoms with Crippen LogP contribution in [0.2, 0.25) is 0 Å². The van der Waals surface area contributed by atoms with Crippen LogP contribution in [0.15, 0.2) is 18.2 Å². The molecule has 1 aromatic carbocycles. The third-order valence-corrected chi connectivity index (χ3v) is 4.10. The first kappa shape index (κ1) is 15.0. The lowest BCUT2D eigenvalue weighted by Gasteiger charge is -2.32. The van der Waals surface area contributed by atoms with E-state index in [9.17, 15) is 9.18 Å². The van der Waals surface area contributed by atoms with Crippen LogP contribution in [0.3, 0.4) is 0 Å². The molecule has 3 nitrogen and oxygen atoms in total. The smallest absolute Gasteiger partial charge is 0.254 e. The Kier molecular flexibility index (Phi) is 5.12. The van der Waals surface area contributed by atoms with Gasteiger partial charge in [0.1, 0.15) is 5.82 Å². The van der Waals surface area contributed by atoms with E-state index in [4.69, 9.17) is 0 Å². The van der Waals surface area contributed by atoms with Crippen LogP contribution in [-0.4, -0.2) is 25.0 Å². The van der Waals surface area contributed by atoms with Gasteiger partial charge in [0.25, 0.3) is 5.91 Å². The summed E-state index contributed by atoms with van der Waals surface area (Å²) in [7, 11) is 0.